The number of hydrogen-bond acceptors (Lipinski definition) is 4. The normalized spacial score (nSPS) is 10.4. The molecule has 0 saturated carbocycles. The minimum Gasteiger partial charge on any atom is -0.468 e. The zero-order valence-electron chi connectivity index (χ0n) is 12.8. The van der Waals surface area contributed by atoms with Crippen LogP contribution in [0.15, 0.2) is 30.3 Å². The maximum absolute atomic E-state index is 11.9. The molecule has 1 N–H and O–H groups in total. The minimum atomic E-state index is -0.319. The van der Waals surface area contributed by atoms with Gasteiger partial charge in [0, 0.05) is 6.54 Å². The summed E-state index contributed by atoms with van der Waals surface area (Å²) in [5, 5.41) is 2.88. The van der Waals surface area contributed by atoms with Crippen molar-refractivity contribution in [2.45, 2.75) is 19.8 Å². The van der Waals surface area contributed by atoms with Gasteiger partial charge in [-0.1, -0.05) is 37.3 Å². The SMILES string of the molecule is CCCN(CC(=O)NCCc1ccccc1)CC(=O)OC. The molecule has 0 aliphatic carbocycles. The van der Waals surface area contributed by atoms with Crippen LogP contribution in [-0.2, 0) is 20.7 Å². The number of nitrogens with zero attached hydrogens (tertiary/aromatic N) is 1. The molecule has 0 heterocycles. The molecule has 5 heteroatoms. The average Bonchev–Trinajstić information content (AvgIpc) is 2.48. The lowest BCUT2D eigenvalue weighted by Crippen LogP contribution is -2.41. The van der Waals surface area contributed by atoms with E-state index in [0.29, 0.717) is 13.1 Å². The Kier molecular flexibility index (Phi) is 8.12. The van der Waals surface area contributed by atoms with Gasteiger partial charge < -0.3 is 10.1 Å². The van der Waals surface area contributed by atoms with Crippen molar-refractivity contribution < 1.29 is 14.3 Å². The molecule has 1 aromatic rings. The number of carbonyl (C=O) groups is 2. The summed E-state index contributed by atoms with van der Waals surface area (Å²) in [4.78, 5) is 25.0. The maximum atomic E-state index is 11.9. The standard InChI is InChI=1S/C16H24N2O3/c1-3-11-18(13-16(20)21-2)12-15(19)17-10-9-14-7-5-4-6-8-14/h4-8H,3,9-13H2,1-2H3,(H,17,19). The summed E-state index contributed by atoms with van der Waals surface area (Å²) in [6.07, 6.45) is 1.69. The van der Waals surface area contributed by atoms with Gasteiger partial charge in [0.15, 0.2) is 0 Å². The topological polar surface area (TPSA) is 58.6 Å². The monoisotopic (exact) mass is 292 g/mol. The third-order valence-corrected chi connectivity index (χ3v) is 3.07. The van der Waals surface area contributed by atoms with Crippen molar-refractivity contribution >= 4 is 11.9 Å². The average molecular weight is 292 g/mol. The molecule has 21 heavy (non-hydrogen) atoms. The predicted molar refractivity (Wildman–Crippen MR) is 81.9 cm³/mol. The van der Waals surface area contributed by atoms with E-state index in [-0.39, 0.29) is 25.0 Å². The Balaban J connectivity index is 2.31. The summed E-state index contributed by atoms with van der Waals surface area (Å²) >= 11 is 0. The number of benzene rings is 1. The van der Waals surface area contributed by atoms with E-state index in [1.165, 1.54) is 12.7 Å². The van der Waals surface area contributed by atoms with Crippen molar-refractivity contribution in [1.29, 1.82) is 0 Å². The largest absolute Gasteiger partial charge is 0.468 e. The Morgan fingerprint density at radius 2 is 1.90 bits per heavy atom. The molecule has 0 atom stereocenters. The van der Waals surface area contributed by atoms with E-state index >= 15 is 0 Å². The van der Waals surface area contributed by atoms with Gasteiger partial charge in [-0.25, -0.2) is 0 Å². The second-order valence-electron chi connectivity index (χ2n) is 4.87. The molecule has 0 fully saturated rings. The molecule has 1 aromatic carbocycles. The molecule has 0 saturated heterocycles. The fraction of sp³-hybridized carbons (Fsp3) is 0.500. The van der Waals surface area contributed by atoms with Crippen molar-refractivity contribution in [2.24, 2.45) is 0 Å². The van der Waals surface area contributed by atoms with Crippen LogP contribution in [0.25, 0.3) is 0 Å². The van der Waals surface area contributed by atoms with E-state index in [1.807, 2.05) is 37.3 Å². The van der Waals surface area contributed by atoms with E-state index in [2.05, 4.69) is 10.1 Å². The number of methoxy groups -OCH3 is 1. The third kappa shape index (κ3) is 7.46. The summed E-state index contributed by atoms with van der Waals surface area (Å²) in [6, 6.07) is 10.0. The number of hydrogen-bond donors (Lipinski definition) is 1. The molecule has 0 spiro atoms. The Morgan fingerprint density at radius 3 is 2.52 bits per heavy atom. The number of esters is 1. The third-order valence-electron chi connectivity index (χ3n) is 3.07. The number of rotatable bonds is 9. The highest BCUT2D eigenvalue weighted by atomic mass is 16.5. The lowest BCUT2D eigenvalue weighted by molar-refractivity contribution is -0.142. The first-order valence-corrected chi connectivity index (χ1v) is 7.25. The zero-order valence-corrected chi connectivity index (χ0v) is 12.8. The van der Waals surface area contributed by atoms with Gasteiger partial charge in [0.1, 0.15) is 0 Å². The Hall–Kier alpha value is -1.88. The molecule has 1 amide bonds. The molecule has 0 aliphatic heterocycles. The van der Waals surface area contributed by atoms with Crippen LogP contribution in [-0.4, -0.2) is 50.1 Å². The van der Waals surface area contributed by atoms with E-state index < -0.39 is 0 Å². The van der Waals surface area contributed by atoms with Gasteiger partial charge in [-0.2, -0.15) is 0 Å². The first kappa shape index (κ1) is 17.2. The fourth-order valence-corrected chi connectivity index (χ4v) is 2.03. The van der Waals surface area contributed by atoms with E-state index in [9.17, 15) is 9.59 Å². The Bertz CT molecular complexity index is 434. The summed E-state index contributed by atoms with van der Waals surface area (Å²) < 4.78 is 4.64. The lowest BCUT2D eigenvalue weighted by Gasteiger charge is -2.19. The first-order valence-electron chi connectivity index (χ1n) is 7.25. The molecule has 1 rings (SSSR count). The van der Waals surface area contributed by atoms with Crippen LogP contribution < -0.4 is 5.32 Å². The molecular formula is C16H24N2O3. The second kappa shape index (κ2) is 9.94. The van der Waals surface area contributed by atoms with Crippen molar-refractivity contribution in [1.82, 2.24) is 10.2 Å². The van der Waals surface area contributed by atoms with Crippen molar-refractivity contribution in [3.63, 3.8) is 0 Å². The summed E-state index contributed by atoms with van der Waals surface area (Å²) in [5.41, 5.74) is 1.19. The Labute approximate surface area is 126 Å². The van der Waals surface area contributed by atoms with Crippen molar-refractivity contribution in [2.75, 3.05) is 33.3 Å². The van der Waals surface area contributed by atoms with Gasteiger partial charge in [-0.05, 0) is 24.9 Å². The van der Waals surface area contributed by atoms with Crippen molar-refractivity contribution in [3.8, 4) is 0 Å². The van der Waals surface area contributed by atoms with Gasteiger partial charge >= 0.3 is 5.97 Å². The molecule has 116 valence electrons. The number of carbonyl (C=O) groups excluding carboxylic acids is 2. The predicted octanol–water partition coefficient (Wildman–Crippen LogP) is 1.23. The molecule has 0 bridgehead atoms. The highest BCUT2D eigenvalue weighted by molar-refractivity contribution is 5.79. The van der Waals surface area contributed by atoms with Gasteiger partial charge in [-0.15, -0.1) is 0 Å². The molecule has 5 nitrogen and oxygen atoms in total. The maximum Gasteiger partial charge on any atom is 0.319 e. The van der Waals surface area contributed by atoms with Crippen molar-refractivity contribution in [3.05, 3.63) is 35.9 Å². The fourth-order valence-electron chi connectivity index (χ4n) is 2.03. The molecule has 0 aromatic heterocycles. The smallest absolute Gasteiger partial charge is 0.319 e. The quantitative estimate of drug-likeness (QED) is 0.696. The Morgan fingerprint density at radius 1 is 1.19 bits per heavy atom. The number of amides is 1. The van der Waals surface area contributed by atoms with Crippen LogP contribution in [0.5, 0.6) is 0 Å². The summed E-state index contributed by atoms with van der Waals surface area (Å²) in [6.45, 7) is 3.67. The van der Waals surface area contributed by atoms with Crippen LogP contribution in [0.4, 0.5) is 0 Å². The van der Waals surface area contributed by atoms with Gasteiger partial charge in [0.25, 0.3) is 0 Å². The number of ether oxygens (including phenoxy) is 1. The highest BCUT2D eigenvalue weighted by Gasteiger charge is 2.13. The van der Waals surface area contributed by atoms with E-state index in [0.717, 1.165) is 12.8 Å². The summed E-state index contributed by atoms with van der Waals surface area (Å²) in [7, 11) is 1.35. The molecule has 0 radical (unpaired) electrons. The first-order chi connectivity index (χ1) is 10.2. The van der Waals surface area contributed by atoms with Gasteiger partial charge in [0.05, 0.1) is 20.2 Å². The van der Waals surface area contributed by atoms with Crippen LogP contribution in [0.3, 0.4) is 0 Å². The molecule has 0 aliphatic rings. The van der Waals surface area contributed by atoms with Gasteiger partial charge in [0.2, 0.25) is 5.91 Å². The molecule has 0 unspecified atom stereocenters. The van der Waals surface area contributed by atoms with Crippen LogP contribution >= 0.6 is 0 Å². The zero-order chi connectivity index (χ0) is 15.5. The number of nitrogens with one attached hydrogen (secondary N) is 1. The molecular weight excluding hydrogens is 268 g/mol. The second-order valence-corrected chi connectivity index (χ2v) is 4.87. The summed E-state index contributed by atoms with van der Waals surface area (Å²) in [5.74, 6) is -0.385. The minimum absolute atomic E-state index is 0.0664. The van der Waals surface area contributed by atoms with Gasteiger partial charge in [-0.3, -0.25) is 14.5 Å². The van der Waals surface area contributed by atoms with E-state index in [1.54, 1.807) is 4.90 Å². The van der Waals surface area contributed by atoms with Crippen LogP contribution in [0.2, 0.25) is 0 Å². The van der Waals surface area contributed by atoms with Crippen LogP contribution in [0.1, 0.15) is 18.9 Å². The van der Waals surface area contributed by atoms with E-state index in [4.69, 9.17) is 0 Å². The van der Waals surface area contributed by atoms with Crippen LogP contribution in [0, 0.1) is 0 Å². The lowest BCUT2D eigenvalue weighted by atomic mass is 10.1. The highest BCUT2D eigenvalue weighted by Crippen LogP contribution is 1.98.